The summed E-state index contributed by atoms with van der Waals surface area (Å²) in [6.07, 6.45) is 1.46. The minimum Gasteiger partial charge on any atom is -0.296 e. The highest BCUT2D eigenvalue weighted by Gasteiger charge is 2.12. The van der Waals surface area contributed by atoms with Crippen LogP contribution in [0.4, 0.5) is 5.13 Å². The number of benzene rings is 2. The molecule has 0 fully saturated rings. The van der Waals surface area contributed by atoms with Gasteiger partial charge in [-0.3, -0.25) is 14.9 Å². The van der Waals surface area contributed by atoms with Crippen molar-refractivity contribution in [3.8, 4) is 0 Å². The molecule has 7 nitrogen and oxygen atoms in total. The van der Waals surface area contributed by atoms with Gasteiger partial charge in [-0.05, 0) is 25.1 Å². The fourth-order valence-electron chi connectivity index (χ4n) is 2.18. The number of rotatable bonds is 6. The molecule has 1 aromatic heterocycles. The molecule has 1 heterocycles. The van der Waals surface area contributed by atoms with Crippen molar-refractivity contribution >= 4 is 46.1 Å². The topological polar surface area (TPSA) is 96.3 Å². The van der Waals surface area contributed by atoms with Gasteiger partial charge in [-0.25, -0.2) is 5.43 Å². The van der Waals surface area contributed by atoms with Crippen molar-refractivity contribution in [2.24, 2.45) is 5.10 Å². The molecule has 0 saturated heterocycles. The number of carbonyl (C=O) groups excluding carboxylic acids is 2. The molecule has 0 saturated carbocycles. The molecule has 2 amide bonds. The number of carbonyl (C=O) groups is 2. The van der Waals surface area contributed by atoms with Gasteiger partial charge >= 0.3 is 0 Å². The van der Waals surface area contributed by atoms with E-state index < -0.39 is 0 Å². The van der Waals surface area contributed by atoms with Crippen LogP contribution in [-0.2, 0) is 11.2 Å². The molecule has 0 unspecified atom stereocenters. The zero-order valence-corrected chi connectivity index (χ0v) is 16.4. The third-order valence-corrected chi connectivity index (χ3v) is 4.79. The lowest BCUT2D eigenvalue weighted by atomic mass is 10.1. The van der Waals surface area contributed by atoms with Gasteiger partial charge in [-0.2, -0.15) is 5.10 Å². The highest BCUT2D eigenvalue weighted by molar-refractivity contribution is 7.15. The van der Waals surface area contributed by atoms with Crippen molar-refractivity contribution < 1.29 is 9.59 Å². The molecule has 2 N–H and O–H groups in total. The maximum Gasteiger partial charge on any atom is 0.257 e. The SMILES string of the molecule is Cc1ccc(C(=O)Nc2nnc(CC(=O)N/N=C\c3ccccc3Cl)s2)cc1. The number of nitrogens with one attached hydrogen (secondary N) is 2. The molecule has 142 valence electrons. The van der Waals surface area contributed by atoms with Gasteiger partial charge in [0.1, 0.15) is 5.01 Å². The number of aryl methyl sites for hydroxylation is 1. The van der Waals surface area contributed by atoms with Gasteiger partial charge in [-0.1, -0.05) is 58.8 Å². The van der Waals surface area contributed by atoms with E-state index in [1.807, 2.05) is 31.2 Å². The minimum absolute atomic E-state index is 0.00205. The summed E-state index contributed by atoms with van der Waals surface area (Å²) in [5.74, 6) is -0.632. The maximum absolute atomic E-state index is 12.2. The average Bonchev–Trinajstić information content (AvgIpc) is 3.10. The molecule has 0 spiro atoms. The van der Waals surface area contributed by atoms with Gasteiger partial charge < -0.3 is 0 Å². The third kappa shape index (κ3) is 5.45. The Bertz CT molecular complexity index is 1020. The first-order valence-electron chi connectivity index (χ1n) is 8.28. The second-order valence-corrected chi connectivity index (χ2v) is 7.28. The highest BCUT2D eigenvalue weighted by atomic mass is 35.5. The first kappa shape index (κ1) is 19.7. The van der Waals surface area contributed by atoms with Gasteiger partial charge in [0.15, 0.2) is 0 Å². The summed E-state index contributed by atoms with van der Waals surface area (Å²) in [5, 5.41) is 15.7. The van der Waals surface area contributed by atoms with Crippen LogP contribution in [0.5, 0.6) is 0 Å². The van der Waals surface area contributed by atoms with Crippen LogP contribution in [0.15, 0.2) is 53.6 Å². The number of hydrazone groups is 1. The van der Waals surface area contributed by atoms with Gasteiger partial charge in [0, 0.05) is 16.1 Å². The normalized spacial score (nSPS) is 10.8. The van der Waals surface area contributed by atoms with Crippen LogP contribution in [0.2, 0.25) is 5.02 Å². The molecule has 0 aliphatic heterocycles. The summed E-state index contributed by atoms with van der Waals surface area (Å²) in [6, 6.07) is 14.3. The Morgan fingerprint density at radius 2 is 1.89 bits per heavy atom. The van der Waals surface area contributed by atoms with Crippen molar-refractivity contribution in [1.82, 2.24) is 15.6 Å². The summed E-state index contributed by atoms with van der Waals surface area (Å²) in [4.78, 5) is 24.1. The Morgan fingerprint density at radius 1 is 1.14 bits per heavy atom. The van der Waals surface area contributed by atoms with E-state index in [-0.39, 0.29) is 18.2 Å². The van der Waals surface area contributed by atoms with E-state index >= 15 is 0 Å². The first-order valence-corrected chi connectivity index (χ1v) is 9.47. The summed E-state index contributed by atoms with van der Waals surface area (Å²) in [6.45, 7) is 1.95. The Kier molecular flexibility index (Phi) is 6.46. The predicted octanol–water partition coefficient (Wildman–Crippen LogP) is 3.45. The number of halogens is 1. The van der Waals surface area contributed by atoms with Gasteiger partial charge in [0.2, 0.25) is 11.0 Å². The lowest BCUT2D eigenvalue weighted by molar-refractivity contribution is -0.120. The number of amides is 2. The van der Waals surface area contributed by atoms with Crippen LogP contribution in [0.3, 0.4) is 0 Å². The fraction of sp³-hybridized carbons (Fsp3) is 0.105. The first-order chi connectivity index (χ1) is 13.5. The van der Waals surface area contributed by atoms with Crippen molar-refractivity contribution in [2.45, 2.75) is 13.3 Å². The predicted molar refractivity (Wildman–Crippen MR) is 110 cm³/mol. The van der Waals surface area contributed by atoms with Gasteiger partial charge in [0.05, 0.1) is 12.6 Å². The molecule has 0 aliphatic rings. The van der Waals surface area contributed by atoms with Crippen LogP contribution in [-0.4, -0.2) is 28.2 Å². The van der Waals surface area contributed by atoms with E-state index in [1.54, 1.807) is 24.3 Å². The van der Waals surface area contributed by atoms with E-state index in [1.165, 1.54) is 6.21 Å². The molecule has 0 atom stereocenters. The van der Waals surface area contributed by atoms with Crippen molar-refractivity contribution in [2.75, 3.05) is 5.32 Å². The van der Waals surface area contributed by atoms with Gasteiger partial charge in [-0.15, -0.1) is 10.2 Å². The van der Waals surface area contributed by atoms with Crippen LogP contribution < -0.4 is 10.7 Å². The van der Waals surface area contributed by atoms with Crippen molar-refractivity contribution in [1.29, 1.82) is 0 Å². The van der Waals surface area contributed by atoms with E-state index in [9.17, 15) is 9.59 Å². The number of aromatic nitrogens is 2. The monoisotopic (exact) mass is 413 g/mol. The van der Waals surface area contributed by atoms with E-state index in [4.69, 9.17) is 11.6 Å². The van der Waals surface area contributed by atoms with E-state index in [0.717, 1.165) is 16.9 Å². The second-order valence-electron chi connectivity index (χ2n) is 5.81. The molecular weight excluding hydrogens is 398 g/mol. The van der Waals surface area contributed by atoms with Crippen LogP contribution in [0.1, 0.15) is 26.5 Å². The average molecular weight is 414 g/mol. The Labute approximate surface area is 170 Å². The van der Waals surface area contributed by atoms with Crippen LogP contribution >= 0.6 is 22.9 Å². The molecular formula is C19H16ClN5O2S. The molecule has 0 bridgehead atoms. The standard InChI is InChI=1S/C19H16ClN5O2S/c1-12-6-8-13(9-7-12)18(27)22-19-25-24-17(28-19)10-16(26)23-21-11-14-4-2-3-5-15(14)20/h2-9,11H,10H2,1H3,(H,23,26)(H,22,25,27)/b21-11-. The molecule has 3 aromatic rings. The number of anilines is 1. The van der Waals surface area contributed by atoms with Crippen molar-refractivity contribution in [3.63, 3.8) is 0 Å². The highest BCUT2D eigenvalue weighted by Crippen LogP contribution is 2.17. The second kappa shape index (κ2) is 9.20. The quantitative estimate of drug-likeness (QED) is 0.477. The maximum atomic E-state index is 12.2. The zero-order chi connectivity index (χ0) is 19.9. The lowest BCUT2D eigenvalue weighted by Crippen LogP contribution is -2.19. The van der Waals surface area contributed by atoms with Gasteiger partial charge in [0.25, 0.3) is 5.91 Å². The van der Waals surface area contributed by atoms with Crippen molar-refractivity contribution in [3.05, 3.63) is 75.3 Å². The minimum atomic E-state index is -0.351. The zero-order valence-electron chi connectivity index (χ0n) is 14.8. The fourth-order valence-corrected chi connectivity index (χ4v) is 3.10. The Balaban J connectivity index is 1.52. The Hall–Kier alpha value is -3.10. The summed E-state index contributed by atoms with van der Waals surface area (Å²) in [5.41, 5.74) is 4.70. The van der Waals surface area contributed by atoms with Crippen LogP contribution in [0.25, 0.3) is 0 Å². The molecule has 28 heavy (non-hydrogen) atoms. The summed E-state index contributed by atoms with van der Waals surface area (Å²) in [7, 11) is 0. The third-order valence-electron chi connectivity index (χ3n) is 3.61. The molecule has 0 aliphatic carbocycles. The van der Waals surface area contributed by atoms with E-state index in [2.05, 4.69) is 26.0 Å². The largest absolute Gasteiger partial charge is 0.296 e. The molecule has 2 aromatic carbocycles. The molecule has 3 rings (SSSR count). The summed E-state index contributed by atoms with van der Waals surface area (Å²) >= 11 is 7.14. The summed E-state index contributed by atoms with van der Waals surface area (Å²) < 4.78 is 0. The number of nitrogens with zero attached hydrogens (tertiary/aromatic N) is 3. The molecule has 9 heteroatoms. The number of hydrogen-bond acceptors (Lipinski definition) is 6. The van der Waals surface area contributed by atoms with E-state index in [0.29, 0.717) is 26.3 Å². The smallest absolute Gasteiger partial charge is 0.257 e. The Morgan fingerprint density at radius 3 is 2.64 bits per heavy atom. The van der Waals surface area contributed by atoms with Crippen LogP contribution in [0, 0.1) is 6.92 Å². The molecule has 0 radical (unpaired) electrons. The lowest BCUT2D eigenvalue weighted by Gasteiger charge is -2.01. The number of hydrogen-bond donors (Lipinski definition) is 2.